The zero-order valence-corrected chi connectivity index (χ0v) is 6.98. The van der Waals surface area contributed by atoms with Gasteiger partial charge in [-0.25, -0.2) is 13.2 Å². The molecule has 1 aliphatic heterocycles. The molecule has 1 atom stereocenters. The van der Waals surface area contributed by atoms with Crippen molar-refractivity contribution in [3.63, 3.8) is 0 Å². The van der Waals surface area contributed by atoms with Crippen LogP contribution in [0.1, 0.15) is 0 Å². The largest absolute Gasteiger partial charge is 0.443 e. The van der Waals surface area contributed by atoms with Crippen LogP contribution in [0, 0.1) is 0 Å². The molecule has 0 radical (unpaired) electrons. The summed E-state index contributed by atoms with van der Waals surface area (Å²) in [7, 11) is 1.34. The number of amides is 1. The second kappa shape index (κ2) is 2.86. The number of hydrogen-bond acceptors (Lipinski definition) is 4. The van der Waals surface area contributed by atoms with Crippen molar-refractivity contribution in [3.05, 3.63) is 0 Å². The quantitative estimate of drug-likeness (QED) is 0.618. The fourth-order valence-corrected chi connectivity index (χ4v) is 1.80. The summed E-state index contributed by atoms with van der Waals surface area (Å²) < 4.78 is 25.4. The zero-order valence-electron chi connectivity index (χ0n) is 5.41. The molecule has 1 unspecified atom stereocenters. The van der Waals surface area contributed by atoms with Gasteiger partial charge in [0.1, 0.15) is 11.9 Å². The molecule has 1 N–H and O–H groups in total. The first-order valence-electron chi connectivity index (χ1n) is 2.84. The average molecular weight is 200 g/mol. The lowest BCUT2D eigenvalue weighted by Crippen LogP contribution is -2.21. The molecular weight excluding hydrogens is 194 g/mol. The average Bonchev–Trinajstić information content (AvgIpc) is 2.10. The Kier molecular flexibility index (Phi) is 2.24. The van der Waals surface area contributed by atoms with Crippen LogP contribution in [0.4, 0.5) is 4.79 Å². The molecule has 0 aromatic rings. The summed E-state index contributed by atoms with van der Waals surface area (Å²) in [6, 6.07) is 0. The lowest BCUT2D eigenvalue weighted by atomic mass is 10.4. The second-order valence-corrected chi connectivity index (χ2v) is 4.94. The number of cyclic esters (lactones) is 1. The van der Waals surface area contributed by atoms with Gasteiger partial charge in [-0.2, -0.15) is 0 Å². The molecule has 1 aliphatic rings. The monoisotopic (exact) mass is 199 g/mol. The van der Waals surface area contributed by atoms with Gasteiger partial charge in [0.2, 0.25) is 9.05 Å². The van der Waals surface area contributed by atoms with Crippen molar-refractivity contribution < 1.29 is 17.9 Å². The molecule has 1 rings (SSSR count). The summed E-state index contributed by atoms with van der Waals surface area (Å²) in [6.45, 7) is 0.199. The third-order valence-corrected chi connectivity index (χ3v) is 2.28. The number of nitrogens with one attached hydrogen (secondary N) is 1. The molecule has 64 valence electrons. The van der Waals surface area contributed by atoms with Crippen LogP contribution in [0.15, 0.2) is 0 Å². The van der Waals surface area contributed by atoms with E-state index in [1.807, 2.05) is 0 Å². The molecule has 1 fully saturated rings. The normalized spacial score (nSPS) is 24.5. The highest BCUT2D eigenvalue weighted by Gasteiger charge is 2.26. The number of hydrogen-bond donors (Lipinski definition) is 1. The van der Waals surface area contributed by atoms with Crippen molar-refractivity contribution in [2.45, 2.75) is 6.10 Å². The van der Waals surface area contributed by atoms with Crippen LogP contribution >= 0.6 is 10.7 Å². The van der Waals surface area contributed by atoms with Crippen molar-refractivity contribution in [3.8, 4) is 0 Å². The predicted molar refractivity (Wildman–Crippen MR) is 37.9 cm³/mol. The van der Waals surface area contributed by atoms with E-state index in [2.05, 4.69) is 10.1 Å². The molecule has 0 aromatic carbocycles. The van der Waals surface area contributed by atoms with Gasteiger partial charge in [-0.1, -0.05) is 0 Å². The van der Waals surface area contributed by atoms with Crippen LogP contribution in [-0.2, 0) is 13.8 Å². The number of alkyl carbamates (subject to hydrolysis) is 1. The first-order valence-corrected chi connectivity index (χ1v) is 5.32. The Hall–Kier alpha value is -0.490. The lowest BCUT2D eigenvalue weighted by Gasteiger charge is -2.02. The molecule has 1 saturated heterocycles. The van der Waals surface area contributed by atoms with Gasteiger partial charge in [-0.15, -0.1) is 0 Å². The zero-order chi connectivity index (χ0) is 8.48. The molecule has 0 spiro atoms. The fraction of sp³-hybridized carbons (Fsp3) is 0.750. The standard InChI is InChI=1S/C4H6ClNO4S/c5-11(8,9)2-3-1-6-4(7)10-3/h3H,1-2H2,(H,6,7). The molecule has 0 bridgehead atoms. The number of carbonyl (C=O) groups is 1. The van der Waals surface area contributed by atoms with Crippen molar-refractivity contribution in [1.29, 1.82) is 0 Å². The van der Waals surface area contributed by atoms with E-state index in [1.54, 1.807) is 0 Å². The Morgan fingerprint density at radius 1 is 1.73 bits per heavy atom. The van der Waals surface area contributed by atoms with E-state index in [1.165, 1.54) is 0 Å². The van der Waals surface area contributed by atoms with Crippen LogP contribution in [0.2, 0.25) is 0 Å². The maximum atomic E-state index is 10.4. The van der Waals surface area contributed by atoms with Gasteiger partial charge < -0.3 is 10.1 Å². The molecule has 7 heteroatoms. The third kappa shape index (κ3) is 2.94. The summed E-state index contributed by atoms with van der Waals surface area (Å²) >= 11 is 0. The summed E-state index contributed by atoms with van der Waals surface area (Å²) in [4.78, 5) is 10.4. The van der Waals surface area contributed by atoms with Crippen LogP contribution < -0.4 is 5.32 Å². The van der Waals surface area contributed by atoms with E-state index in [9.17, 15) is 13.2 Å². The summed E-state index contributed by atoms with van der Waals surface area (Å²) in [5.74, 6) is -0.340. The topological polar surface area (TPSA) is 72.5 Å². The molecule has 11 heavy (non-hydrogen) atoms. The highest BCUT2D eigenvalue weighted by atomic mass is 35.7. The van der Waals surface area contributed by atoms with E-state index in [0.717, 1.165) is 0 Å². The molecule has 1 amide bonds. The Labute approximate surface area is 68.1 Å². The fourth-order valence-electron chi connectivity index (χ4n) is 0.747. The maximum absolute atomic E-state index is 10.4. The Bertz CT molecular complexity index is 261. The van der Waals surface area contributed by atoms with Gasteiger partial charge in [-0.3, -0.25) is 0 Å². The Morgan fingerprint density at radius 3 is 2.73 bits per heavy atom. The molecular formula is C4H6ClNO4S. The minimum Gasteiger partial charge on any atom is -0.443 e. The second-order valence-electron chi connectivity index (χ2n) is 2.11. The number of ether oxygens (including phenoxy) is 1. The molecule has 5 nitrogen and oxygen atoms in total. The van der Waals surface area contributed by atoms with Crippen LogP contribution in [0.25, 0.3) is 0 Å². The lowest BCUT2D eigenvalue weighted by molar-refractivity contribution is 0.149. The van der Waals surface area contributed by atoms with Crippen LogP contribution in [0.5, 0.6) is 0 Å². The summed E-state index contributed by atoms with van der Waals surface area (Å²) in [6.07, 6.45) is -1.25. The number of halogens is 1. The first kappa shape index (κ1) is 8.61. The summed E-state index contributed by atoms with van der Waals surface area (Å²) in [5, 5.41) is 2.31. The van der Waals surface area contributed by atoms with E-state index >= 15 is 0 Å². The van der Waals surface area contributed by atoms with Crippen LogP contribution in [-0.4, -0.2) is 32.9 Å². The molecule has 0 saturated carbocycles. The van der Waals surface area contributed by atoms with Gasteiger partial charge in [0.05, 0.1) is 6.54 Å². The van der Waals surface area contributed by atoms with E-state index in [4.69, 9.17) is 10.7 Å². The van der Waals surface area contributed by atoms with Gasteiger partial charge >= 0.3 is 6.09 Å². The van der Waals surface area contributed by atoms with Gasteiger partial charge in [-0.05, 0) is 0 Å². The summed E-state index contributed by atoms with van der Waals surface area (Å²) in [5.41, 5.74) is 0. The third-order valence-electron chi connectivity index (χ3n) is 1.13. The van der Waals surface area contributed by atoms with Gasteiger partial charge in [0.25, 0.3) is 0 Å². The molecule has 0 aromatic heterocycles. The van der Waals surface area contributed by atoms with Crippen molar-refractivity contribution >= 4 is 25.8 Å². The van der Waals surface area contributed by atoms with Crippen molar-refractivity contribution in [2.24, 2.45) is 0 Å². The van der Waals surface area contributed by atoms with E-state index in [0.29, 0.717) is 0 Å². The minimum atomic E-state index is -3.58. The maximum Gasteiger partial charge on any atom is 0.407 e. The smallest absolute Gasteiger partial charge is 0.407 e. The highest BCUT2D eigenvalue weighted by Crippen LogP contribution is 2.06. The van der Waals surface area contributed by atoms with Crippen LogP contribution in [0.3, 0.4) is 0 Å². The minimum absolute atomic E-state index is 0.199. The predicted octanol–water partition coefficient (Wildman–Crippen LogP) is -0.337. The Morgan fingerprint density at radius 2 is 2.36 bits per heavy atom. The van der Waals surface area contributed by atoms with Gasteiger partial charge in [0, 0.05) is 10.7 Å². The Balaban J connectivity index is 2.47. The van der Waals surface area contributed by atoms with Crippen molar-refractivity contribution in [2.75, 3.05) is 12.3 Å². The van der Waals surface area contributed by atoms with E-state index in [-0.39, 0.29) is 12.3 Å². The van der Waals surface area contributed by atoms with Crippen molar-refractivity contribution in [1.82, 2.24) is 5.32 Å². The molecule has 0 aliphatic carbocycles. The number of rotatable bonds is 2. The van der Waals surface area contributed by atoms with Gasteiger partial charge in [0.15, 0.2) is 0 Å². The number of carbonyl (C=O) groups excluding carboxylic acids is 1. The molecule has 1 heterocycles. The first-order chi connectivity index (χ1) is 4.97. The van der Waals surface area contributed by atoms with E-state index < -0.39 is 21.2 Å². The SMILES string of the molecule is O=C1NCC(CS(=O)(=O)Cl)O1. The highest BCUT2D eigenvalue weighted by molar-refractivity contribution is 8.13.